The van der Waals surface area contributed by atoms with Gasteiger partial charge < -0.3 is 15.8 Å². The fraction of sp³-hybridized carbons (Fsp3) is 0.429. The summed E-state index contributed by atoms with van der Waals surface area (Å²) in [4.78, 5) is 16.6. The third kappa shape index (κ3) is 2.70. The number of thiazole rings is 1. The van der Waals surface area contributed by atoms with Gasteiger partial charge in [-0.3, -0.25) is 4.79 Å². The molecule has 0 saturated carbocycles. The number of rotatable bonds is 4. The van der Waals surface area contributed by atoms with Gasteiger partial charge in [0, 0.05) is 17.2 Å². The molecule has 0 saturated heterocycles. The van der Waals surface area contributed by atoms with Crippen LogP contribution in [0.5, 0.6) is 5.75 Å². The van der Waals surface area contributed by atoms with Crippen LogP contribution in [0.25, 0.3) is 10.2 Å². The van der Waals surface area contributed by atoms with Crippen molar-refractivity contribution >= 4 is 38.3 Å². The number of nitrogen functional groups attached to an aromatic ring is 1. The van der Waals surface area contributed by atoms with E-state index in [9.17, 15) is 4.79 Å². The molecule has 0 aliphatic carbocycles. The van der Waals surface area contributed by atoms with Crippen molar-refractivity contribution in [1.82, 2.24) is 4.98 Å². The van der Waals surface area contributed by atoms with Crippen molar-refractivity contribution < 1.29 is 9.53 Å². The molecular formula is C14H19N3O2S. The fourth-order valence-electron chi connectivity index (χ4n) is 1.66. The Labute approximate surface area is 122 Å². The molecule has 5 nitrogen and oxygen atoms in total. The Balaban J connectivity index is 2.35. The Morgan fingerprint density at radius 1 is 1.50 bits per heavy atom. The molecule has 1 aromatic heterocycles. The van der Waals surface area contributed by atoms with Gasteiger partial charge in [0.2, 0.25) is 5.91 Å². The van der Waals surface area contributed by atoms with Crippen LogP contribution in [0.2, 0.25) is 0 Å². The number of hydrogen-bond donors (Lipinski definition) is 2. The number of carbonyl (C=O) groups excluding carboxylic acids is 1. The van der Waals surface area contributed by atoms with Crippen LogP contribution in [-0.4, -0.2) is 18.0 Å². The Hall–Kier alpha value is -1.82. The van der Waals surface area contributed by atoms with E-state index in [1.165, 1.54) is 11.3 Å². The van der Waals surface area contributed by atoms with Crippen molar-refractivity contribution in [1.29, 1.82) is 0 Å². The fourth-order valence-corrected chi connectivity index (χ4v) is 2.58. The maximum Gasteiger partial charge on any atom is 0.231 e. The molecule has 1 amide bonds. The smallest absolute Gasteiger partial charge is 0.231 e. The number of nitrogens with one attached hydrogen (secondary N) is 1. The second kappa shape index (κ2) is 5.28. The first kappa shape index (κ1) is 14.6. The standard InChI is InChI=1S/C14H19N3O2S/c1-5-14(2,3)12(18)17-13-16-11-9(19-4)6-8(15)7-10(11)20-13/h6-7H,5,15H2,1-4H3,(H,16,17,18). The second-order valence-corrected chi connectivity index (χ2v) is 6.31. The summed E-state index contributed by atoms with van der Waals surface area (Å²) in [6.45, 7) is 5.81. The topological polar surface area (TPSA) is 77.2 Å². The predicted octanol–water partition coefficient (Wildman–Crippen LogP) is 3.26. The molecule has 1 heterocycles. The van der Waals surface area contributed by atoms with Crippen LogP contribution in [0.4, 0.5) is 10.8 Å². The lowest BCUT2D eigenvalue weighted by Gasteiger charge is -2.20. The Morgan fingerprint density at radius 2 is 2.20 bits per heavy atom. The summed E-state index contributed by atoms with van der Waals surface area (Å²) in [7, 11) is 1.58. The van der Waals surface area contributed by atoms with Crippen LogP contribution in [0.3, 0.4) is 0 Å². The molecule has 0 bridgehead atoms. The zero-order valence-corrected chi connectivity index (χ0v) is 12.9. The van der Waals surface area contributed by atoms with Crippen molar-refractivity contribution in [2.45, 2.75) is 27.2 Å². The first-order valence-corrected chi connectivity index (χ1v) is 7.24. The number of carbonyl (C=O) groups is 1. The lowest BCUT2D eigenvalue weighted by atomic mass is 9.89. The van der Waals surface area contributed by atoms with Gasteiger partial charge in [0.15, 0.2) is 5.13 Å². The van der Waals surface area contributed by atoms with E-state index >= 15 is 0 Å². The van der Waals surface area contributed by atoms with Gasteiger partial charge in [0.1, 0.15) is 11.3 Å². The Kier molecular flexibility index (Phi) is 3.85. The summed E-state index contributed by atoms with van der Waals surface area (Å²) in [6.07, 6.45) is 0.764. The molecule has 0 aliphatic rings. The van der Waals surface area contributed by atoms with Gasteiger partial charge in [0.25, 0.3) is 0 Å². The normalized spacial score (nSPS) is 11.6. The van der Waals surface area contributed by atoms with E-state index in [-0.39, 0.29) is 5.91 Å². The summed E-state index contributed by atoms with van der Waals surface area (Å²) in [5, 5.41) is 3.43. The lowest BCUT2D eigenvalue weighted by Crippen LogP contribution is -2.29. The third-order valence-electron chi connectivity index (χ3n) is 3.42. The summed E-state index contributed by atoms with van der Waals surface area (Å²) in [5.41, 5.74) is 6.73. The maximum absolute atomic E-state index is 12.2. The molecule has 0 unspecified atom stereocenters. The summed E-state index contributed by atoms with van der Waals surface area (Å²) in [6, 6.07) is 3.56. The number of methoxy groups -OCH3 is 1. The van der Waals surface area contributed by atoms with E-state index in [0.29, 0.717) is 16.6 Å². The average Bonchev–Trinajstić information content (AvgIpc) is 2.79. The number of ether oxygens (including phenoxy) is 1. The molecule has 20 heavy (non-hydrogen) atoms. The number of nitrogens with two attached hydrogens (primary N) is 1. The zero-order valence-electron chi connectivity index (χ0n) is 12.1. The highest BCUT2D eigenvalue weighted by Gasteiger charge is 2.26. The van der Waals surface area contributed by atoms with Gasteiger partial charge in [-0.1, -0.05) is 32.1 Å². The first-order chi connectivity index (χ1) is 9.37. The summed E-state index contributed by atoms with van der Waals surface area (Å²) < 4.78 is 6.16. The number of amides is 1. The van der Waals surface area contributed by atoms with Crippen molar-refractivity contribution in [2.75, 3.05) is 18.2 Å². The highest BCUT2D eigenvalue weighted by Crippen LogP contribution is 2.35. The second-order valence-electron chi connectivity index (χ2n) is 5.28. The average molecular weight is 293 g/mol. The quantitative estimate of drug-likeness (QED) is 0.848. The van der Waals surface area contributed by atoms with Gasteiger partial charge in [0.05, 0.1) is 11.8 Å². The molecule has 1 aromatic carbocycles. The largest absolute Gasteiger partial charge is 0.494 e. The molecular weight excluding hydrogens is 274 g/mol. The van der Waals surface area contributed by atoms with E-state index in [2.05, 4.69) is 10.3 Å². The highest BCUT2D eigenvalue weighted by atomic mass is 32.1. The Bertz CT molecular complexity index is 649. The van der Waals surface area contributed by atoms with E-state index < -0.39 is 5.41 Å². The maximum atomic E-state index is 12.2. The first-order valence-electron chi connectivity index (χ1n) is 6.43. The zero-order chi connectivity index (χ0) is 14.9. The van der Waals surface area contributed by atoms with Crippen molar-refractivity contribution in [2.24, 2.45) is 5.41 Å². The number of nitrogens with zero attached hydrogens (tertiary/aromatic N) is 1. The van der Waals surface area contributed by atoms with E-state index in [1.54, 1.807) is 13.2 Å². The van der Waals surface area contributed by atoms with Crippen LogP contribution in [0.1, 0.15) is 27.2 Å². The van der Waals surface area contributed by atoms with Crippen molar-refractivity contribution in [3.05, 3.63) is 12.1 Å². The number of benzene rings is 1. The van der Waals surface area contributed by atoms with E-state index in [0.717, 1.165) is 16.6 Å². The van der Waals surface area contributed by atoms with Gasteiger partial charge in [-0.2, -0.15) is 0 Å². The van der Waals surface area contributed by atoms with Crippen LogP contribution in [-0.2, 0) is 4.79 Å². The monoisotopic (exact) mass is 293 g/mol. The van der Waals surface area contributed by atoms with Crippen LogP contribution in [0, 0.1) is 5.41 Å². The molecule has 0 atom stereocenters. The number of hydrogen-bond acceptors (Lipinski definition) is 5. The lowest BCUT2D eigenvalue weighted by molar-refractivity contribution is -0.124. The molecule has 2 aromatic rings. The molecule has 108 valence electrons. The van der Waals surface area contributed by atoms with Gasteiger partial charge in [-0.15, -0.1) is 0 Å². The van der Waals surface area contributed by atoms with Gasteiger partial charge in [-0.25, -0.2) is 4.98 Å². The summed E-state index contributed by atoms with van der Waals surface area (Å²) in [5.74, 6) is 0.581. The van der Waals surface area contributed by atoms with Gasteiger partial charge in [-0.05, 0) is 12.5 Å². The number of aromatic nitrogens is 1. The Morgan fingerprint density at radius 3 is 2.80 bits per heavy atom. The molecule has 0 radical (unpaired) electrons. The van der Waals surface area contributed by atoms with E-state index in [4.69, 9.17) is 10.5 Å². The predicted molar refractivity (Wildman–Crippen MR) is 83.3 cm³/mol. The number of anilines is 2. The van der Waals surface area contributed by atoms with Crippen LogP contribution in [0.15, 0.2) is 12.1 Å². The number of fused-ring (bicyclic) bond motifs is 1. The van der Waals surface area contributed by atoms with Crippen LogP contribution < -0.4 is 15.8 Å². The molecule has 6 heteroatoms. The molecule has 0 spiro atoms. The van der Waals surface area contributed by atoms with Gasteiger partial charge >= 0.3 is 0 Å². The minimum atomic E-state index is -0.416. The third-order valence-corrected chi connectivity index (χ3v) is 4.34. The minimum absolute atomic E-state index is 0.0361. The molecule has 0 aliphatic heterocycles. The molecule has 3 N–H and O–H groups in total. The van der Waals surface area contributed by atoms with Crippen molar-refractivity contribution in [3.63, 3.8) is 0 Å². The molecule has 0 fully saturated rings. The minimum Gasteiger partial charge on any atom is -0.494 e. The summed E-state index contributed by atoms with van der Waals surface area (Å²) >= 11 is 1.39. The van der Waals surface area contributed by atoms with E-state index in [1.807, 2.05) is 26.8 Å². The SMILES string of the molecule is CCC(C)(C)C(=O)Nc1nc2c(OC)cc(N)cc2s1. The van der Waals surface area contributed by atoms with Crippen molar-refractivity contribution in [3.8, 4) is 5.75 Å². The highest BCUT2D eigenvalue weighted by molar-refractivity contribution is 7.22. The van der Waals surface area contributed by atoms with Crippen LogP contribution >= 0.6 is 11.3 Å². The molecule has 2 rings (SSSR count).